The molecule has 8 heteroatoms. The number of hydrogen-bond acceptors (Lipinski definition) is 5. The molecule has 7 nitrogen and oxygen atoms in total. The Morgan fingerprint density at radius 1 is 1.18 bits per heavy atom. The van der Waals surface area contributed by atoms with Gasteiger partial charge in [0.2, 0.25) is 0 Å². The van der Waals surface area contributed by atoms with Gasteiger partial charge in [-0.2, -0.15) is 0 Å². The second-order valence-corrected chi connectivity index (χ2v) is 8.49. The van der Waals surface area contributed by atoms with Crippen LogP contribution < -0.4 is 16.0 Å². The minimum absolute atomic E-state index is 0.375. The van der Waals surface area contributed by atoms with E-state index in [9.17, 15) is 9.59 Å². The Morgan fingerprint density at radius 2 is 1.91 bits per heavy atom. The molecule has 0 fully saturated rings. The van der Waals surface area contributed by atoms with Gasteiger partial charge in [0.05, 0.1) is 6.54 Å². The van der Waals surface area contributed by atoms with E-state index in [1.165, 1.54) is 16.2 Å². The maximum atomic E-state index is 13.4. The van der Waals surface area contributed by atoms with Gasteiger partial charge in [-0.05, 0) is 60.0 Å². The maximum Gasteiger partial charge on any atom is 0.320 e. The van der Waals surface area contributed by atoms with Gasteiger partial charge in [0.1, 0.15) is 5.84 Å². The summed E-state index contributed by atoms with van der Waals surface area (Å²) in [5.74, 6) is 3.09. The molecule has 3 amide bonds. The minimum atomic E-state index is -0.941. The van der Waals surface area contributed by atoms with Gasteiger partial charge in [-0.1, -0.05) is 12.0 Å². The van der Waals surface area contributed by atoms with Crippen LogP contribution in [0.5, 0.6) is 0 Å². The number of benzene rings is 2. The lowest BCUT2D eigenvalue weighted by Gasteiger charge is -2.29. The van der Waals surface area contributed by atoms with Crippen LogP contribution >= 0.6 is 11.3 Å². The van der Waals surface area contributed by atoms with Crippen molar-refractivity contribution in [2.75, 3.05) is 30.4 Å². The van der Waals surface area contributed by atoms with Crippen molar-refractivity contribution in [1.29, 1.82) is 0 Å². The SMILES string of the molecule is C#Cc1ccc(N(C(N)=O)C(C(=O)Nc2ccc(C3=NCCN3C)cc2)c2cccs2)cc1. The average molecular weight is 458 g/mol. The summed E-state index contributed by atoms with van der Waals surface area (Å²) in [6.07, 6.45) is 5.44. The minimum Gasteiger partial charge on any atom is -0.358 e. The van der Waals surface area contributed by atoms with Gasteiger partial charge in [0.15, 0.2) is 6.04 Å². The third-order valence-corrected chi connectivity index (χ3v) is 6.26. The Kier molecular flexibility index (Phi) is 6.43. The topological polar surface area (TPSA) is 91.0 Å². The van der Waals surface area contributed by atoms with Crippen LogP contribution in [0.15, 0.2) is 71.0 Å². The molecule has 1 unspecified atom stereocenters. The van der Waals surface area contributed by atoms with E-state index in [0.29, 0.717) is 21.8 Å². The highest BCUT2D eigenvalue weighted by Crippen LogP contribution is 2.31. The van der Waals surface area contributed by atoms with E-state index in [0.717, 1.165) is 24.5 Å². The Bertz CT molecular complexity index is 1210. The maximum absolute atomic E-state index is 13.4. The number of rotatable bonds is 6. The standard InChI is InChI=1S/C25H23N5O2S/c1-3-17-6-12-20(13-7-17)30(25(26)32)22(21-5-4-16-33-21)24(31)28-19-10-8-18(9-11-19)23-27-14-15-29(23)2/h1,4-13,16,22H,14-15H2,2H3,(H2,26,32)(H,28,31). The van der Waals surface area contributed by atoms with Crippen LogP contribution in [0, 0.1) is 12.3 Å². The molecule has 0 bridgehead atoms. The van der Waals surface area contributed by atoms with E-state index in [1.807, 2.05) is 42.8 Å². The summed E-state index contributed by atoms with van der Waals surface area (Å²) >= 11 is 1.37. The number of thiophene rings is 1. The third-order valence-electron chi connectivity index (χ3n) is 5.34. The summed E-state index contributed by atoms with van der Waals surface area (Å²) in [6.45, 7) is 1.67. The van der Waals surface area contributed by atoms with Crippen LogP contribution in [-0.2, 0) is 4.79 Å². The molecule has 0 spiro atoms. The molecule has 2 heterocycles. The predicted molar refractivity (Wildman–Crippen MR) is 133 cm³/mol. The fraction of sp³-hybridized carbons (Fsp3) is 0.160. The highest BCUT2D eigenvalue weighted by atomic mass is 32.1. The molecule has 1 aromatic heterocycles. The van der Waals surface area contributed by atoms with E-state index in [2.05, 4.69) is 21.1 Å². The van der Waals surface area contributed by atoms with Crippen molar-refractivity contribution in [1.82, 2.24) is 4.90 Å². The number of urea groups is 1. The smallest absolute Gasteiger partial charge is 0.320 e. The second-order valence-electron chi connectivity index (χ2n) is 7.51. The lowest BCUT2D eigenvalue weighted by molar-refractivity contribution is -0.117. The van der Waals surface area contributed by atoms with Crippen molar-refractivity contribution in [3.8, 4) is 12.3 Å². The van der Waals surface area contributed by atoms with Crippen molar-refractivity contribution in [3.05, 3.63) is 82.0 Å². The number of carbonyl (C=O) groups is 2. The number of anilines is 2. The molecule has 3 aromatic rings. The quantitative estimate of drug-likeness (QED) is 0.553. The molecule has 3 N–H and O–H groups in total. The van der Waals surface area contributed by atoms with Crippen molar-refractivity contribution >= 4 is 40.5 Å². The van der Waals surface area contributed by atoms with Gasteiger partial charge in [-0.3, -0.25) is 14.7 Å². The molecule has 33 heavy (non-hydrogen) atoms. The van der Waals surface area contributed by atoms with E-state index in [-0.39, 0.29) is 5.91 Å². The number of nitrogens with zero attached hydrogens (tertiary/aromatic N) is 3. The van der Waals surface area contributed by atoms with E-state index in [1.54, 1.807) is 30.3 Å². The number of likely N-dealkylation sites (N-methyl/N-ethyl adjacent to an activating group) is 1. The Labute approximate surface area is 196 Å². The summed E-state index contributed by atoms with van der Waals surface area (Å²) in [6, 6.07) is 16.2. The number of carbonyl (C=O) groups excluding carboxylic acids is 2. The van der Waals surface area contributed by atoms with E-state index >= 15 is 0 Å². The predicted octanol–water partition coefficient (Wildman–Crippen LogP) is 3.69. The van der Waals surface area contributed by atoms with Crippen LogP contribution in [0.25, 0.3) is 0 Å². The lowest BCUT2D eigenvalue weighted by atomic mass is 10.1. The largest absolute Gasteiger partial charge is 0.358 e. The second kappa shape index (κ2) is 9.59. The van der Waals surface area contributed by atoms with Crippen LogP contribution in [0.2, 0.25) is 0 Å². The molecule has 2 aromatic carbocycles. The fourth-order valence-electron chi connectivity index (χ4n) is 3.70. The molecule has 0 aliphatic carbocycles. The van der Waals surface area contributed by atoms with Crippen molar-refractivity contribution < 1.29 is 9.59 Å². The zero-order valence-electron chi connectivity index (χ0n) is 18.1. The zero-order valence-corrected chi connectivity index (χ0v) is 18.9. The summed E-state index contributed by atoms with van der Waals surface area (Å²) < 4.78 is 0. The molecular weight excluding hydrogens is 434 g/mol. The highest BCUT2D eigenvalue weighted by Gasteiger charge is 2.32. The van der Waals surface area contributed by atoms with Gasteiger partial charge >= 0.3 is 6.03 Å². The number of hydrogen-bond donors (Lipinski definition) is 2. The molecule has 1 aliphatic rings. The molecule has 1 atom stereocenters. The average Bonchev–Trinajstić information content (AvgIpc) is 3.50. The number of terminal acetylenes is 1. The Hall–Kier alpha value is -4.09. The van der Waals surface area contributed by atoms with Crippen LogP contribution in [-0.4, -0.2) is 42.8 Å². The normalized spacial score (nSPS) is 13.7. The summed E-state index contributed by atoms with van der Waals surface area (Å²) in [7, 11) is 2.00. The molecule has 166 valence electrons. The van der Waals surface area contributed by atoms with Gasteiger partial charge < -0.3 is 16.0 Å². The third kappa shape index (κ3) is 4.73. The summed E-state index contributed by atoms with van der Waals surface area (Å²) in [4.78, 5) is 34.5. The zero-order chi connectivity index (χ0) is 23.4. The van der Waals surface area contributed by atoms with E-state index < -0.39 is 12.1 Å². The monoisotopic (exact) mass is 457 g/mol. The molecular formula is C25H23N5O2S. The fourth-order valence-corrected chi connectivity index (χ4v) is 4.51. The number of aliphatic imine (C=N–C) groups is 1. The number of amides is 3. The highest BCUT2D eigenvalue weighted by molar-refractivity contribution is 7.10. The van der Waals surface area contributed by atoms with Gasteiger partial charge in [-0.15, -0.1) is 17.8 Å². The van der Waals surface area contributed by atoms with Crippen molar-refractivity contribution in [2.24, 2.45) is 10.7 Å². The summed E-state index contributed by atoms with van der Waals surface area (Å²) in [5, 5.41) is 4.77. The molecule has 4 rings (SSSR count). The first kappa shape index (κ1) is 22.1. The first-order valence-corrected chi connectivity index (χ1v) is 11.2. The van der Waals surface area contributed by atoms with Gasteiger partial charge in [0, 0.05) is 41.0 Å². The Balaban J connectivity index is 1.62. The number of nitrogens with one attached hydrogen (secondary N) is 1. The van der Waals surface area contributed by atoms with Crippen molar-refractivity contribution in [3.63, 3.8) is 0 Å². The number of primary amides is 1. The molecule has 0 radical (unpaired) electrons. The van der Waals surface area contributed by atoms with Crippen LogP contribution in [0.1, 0.15) is 22.0 Å². The van der Waals surface area contributed by atoms with Gasteiger partial charge in [-0.25, -0.2) is 4.79 Å². The lowest BCUT2D eigenvalue weighted by Crippen LogP contribution is -2.44. The molecule has 0 saturated carbocycles. The summed E-state index contributed by atoms with van der Waals surface area (Å²) in [5.41, 5.74) is 8.47. The number of nitrogens with two attached hydrogens (primary N) is 1. The van der Waals surface area contributed by atoms with Crippen molar-refractivity contribution in [2.45, 2.75) is 6.04 Å². The molecule has 1 aliphatic heterocycles. The Morgan fingerprint density at radius 3 is 2.45 bits per heavy atom. The van der Waals surface area contributed by atoms with Crippen LogP contribution in [0.3, 0.4) is 0 Å². The first-order valence-electron chi connectivity index (χ1n) is 10.3. The molecule has 0 saturated heterocycles. The first-order chi connectivity index (χ1) is 16.0. The van der Waals surface area contributed by atoms with Gasteiger partial charge in [0.25, 0.3) is 5.91 Å². The van der Waals surface area contributed by atoms with Crippen LogP contribution in [0.4, 0.5) is 16.2 Å². The number of amidine groups is 1. The van der Waals surface area contributed by atoms with E-state index in [4.69, 9.17) is 12.2 Å².